The Balaban J connectivity index is 2.42. The van der Waals surface area contributed by atoms with Crippen molar-refractivity contribution in [2.45, 2.75) is 26.4 Å². The number of ether oxygens (including phenoxy) is 2. The molecule has 0 aromatic heterocycles. The number of hydrogen-bond donors (Lipinski definition) is 1. The van der Waals surface area contributed by atoms with Gasteiger partial charge in [0.1, 0.15) is 5.75 Å². The largest absolute Gasteiger partial charge is 0.481 e. The number of carbonyl (C=O) groups is 1. The first-order chi connectivity index (χ1) is 9.04. The highest BCUT2D eigenvalue weighted by atomic mass is 35.5. The van der Waals surface area contributed by atoms with E-state index in [-0.39, 0.29) is 5.91 Å². The minimum Gasteiger partial charge on any atom is -0.481 e. The van der Waals surface area contributed by atoms with Gasteiger partial charge in [0, 0.05) is 25.3 Å². The lowest BCUT2D eigenvalue weighted by molar-refractivity contribution is -0.127. The van der Waals surface area contributed by atoms with Gasteiger partial charge in [0.2, 0.25) is 0 Å². The summed E-state index contributed by atoms with van der Waals surface area (Å²) < 4.78 is 10.5. The SMILES string of the molecule is COCCCNC(=O)C(C)Oc1ccc(Cl)c(C)c1. The van der Waals surface area contributed by atoms with Crippen molar-refractivity contribution in [1.82, 2.24) is 5.32 Å². The van der Waals surface area contributed by atoms with Crippen LogP contribution in [0.5, 0.6) is 5.75 Å². The summed E-state index contributed by atoms with van der Waals surface area (Å²) in [6.07, 6.45) is 0.248. The van der Waals surface area contributed by atoms with Gasteiger partial charge in [-0.2, -0.15) is 0 Å². The van der Waals surface area contributed by atoms with E-state index in [1.165, 1.54) is 0 Å². The Hall–Kier alpha value is -1.26. The van der Waals surface area contributed by atoms with Crippen LogP contribution in [0.1, 0.15) is 18.9 Å². The van der Waals surface area contributed by atoms with E-state index >= 15 is 0 Å². The van der Waals surface area contributed by atoms with E-state index in [1.54, 1.807) is 26.2 Å². The minimum atomic E-state index is -0.539. The van der Waals surface area contributed by atoms with Gasteiger partial charge in [-0.1, -0.05) is 11.6 Å². The monoisotopic (exact) mass is 285 g/mol. The maximum Gasteiger partial charge on any atom is 0.260 e. The van der Waals surface area contributed by atoms with E-state index in [0.29, 0.717) is 23.9 Å². The van der Waals surface area contributed by atoms with Gasteiger partial charge in [-0.25, -0.2) is 0 Å². The van der Waals surface area contributed by atoms with Gasteiger partial charge >= 0.3 is 0 Å². The van der Waals surface area contributed by atoms with Crippen LogP contribution in [0.25, 0.3) is 0 Å². The van der Waals surface area contributed by atoms with E-state index in [1.807, 2.05) is 13.0 Å². The predicted molar refractivity (Wildman–Crippen MR) is 75.8 cm³/mol. The van der Waals surface area contributed by atoms with Crippen LogP contribution in [0.3, 0.4) is 0 Å². The summed E-state index contributed by atoms with van der Waals surface area (Å²) in [4.78, 5) is 11.8. The van der Waals surface area contributed by atoms with E-state index < -0.39 is 6.10 Å². The first kappa shape index (κ1) is 15.8. The number of carbonyl (C=O) groups excluding carboxylic acids is 1. The summed E-state index contributed by atoms with van der Waals surface area (Å²) in [5, 5.41) is 3.48. The summed E-state index contributed by atoms with van der Waals surface area (Å²) in [6, 6.07) is 5.33. The van der Waals surface area contributed by atoms with Crippen molar-refractivity contribution >= 4 is 17.5 Å². The molecule has 1 aromatic carbocycles. The van der Waals surface area contributed by atoms with Gasteiger partial charge in [0.05, 0.1) is 0 Å². The Morgan fingerprint density at radius 3 is 2.84 bits per heavy atom. The van der Waals surface area contributed by atoms with Gasteiger partial charge in [-0.3, -0.25) is 4.79 Å². The Kier molecular flexibility index (Phi) is 6.67. The van der Waals surface area contributed by atoms with Crippen molar-refractivity contribution in [2.75, 3.05) is 20.3 Å². The smallest absolute Gasteiger partial charge is 0.260 e. The van der Waals surface area contributed by atoms with Crippen molar-refractivity contribution in [3.05, 3.63) is 28.8 Å². The number of aryl methyl sites for hydroxylation is 1. The Morgan fingerprint density at radius 2 is 2.21 bits per heavy atom. The maximum atomic E-state index is 11.8. The molecule has 0 saturated carbocycles. The van der Waals surface area contributed by atoms with Crippen molar-refractivity contribution in [3.63, 3.8) is 0 Å². The highest BCUT2D eigenvalue weighted by Gasteiger charge is 2.14. The second-order valence-electron chi connectivity index (χ2n) is 4.31. The third-order valence-corrected chi connectivity index (χ3v) is 3.06. The van der Waals surface area contributed by atoms with Crippen LogP contribution in [0, 0.1) is 6.92 Å². The topological polar surface area (TPSA) is 47.6 Å². The second kappa shape index (κ2) is 8.02. The Labute approximate surface area is 119 Å². The summed E-state index contributed by atoms with van der Waals surface area (Å²) >= 11 is 5.93. The molecule has 0 saturated heterocycles. The van der Waals surface area contributed by atoms with Gasteiger partial charge in [0.15, 0.2) is 6.10 Å². The molecule has 1 rings (SSSR count). The number of methoxy groups -OCH3 is 1. The fourth-order valence-corrected chi connectivity index (χ4v) is 1.64. The van der Waals surface area contributed by atoms with Gasteiger partial charge in [0.25, 0.3) is 5.91 Å². The highest BCUT2D eigenvalue weighted by molar-refractivity contribution is 6.31. The number of rotatable bonds is 7. The average Bonchev–Trinajstić information content (AvgIpc) is 2.38. The average molecular weight is 286 g/mol. The van der Waals surface area contributed by atoms with E-state index in [4.69, 9.17) is 21.1 Å². The molecule has 0 bridgehead atoms. The first-order valence-corrected chi connectivity index (χ1v) is 6.62. The van der Waals surface area contributed by atoms with E-state index in [9.17, 15) is 4.79 Å². The number of benzene rings is 1. The molecule has 0 radical (unpaired) electrons. The van der Waals surface area contributed by atoms with E-state index in [0.717, 1.165) is 12.0 Å². The maximum absolute atomic E-state index is 11.8. The normalized spacial score (nSPS) is 12.0. The summed E-state index contributed by atoms with van der Waals surface area (Å²) in [5.41, 5.74) is 0.923. The summed E-state index contributed by atoms with van der Waals surface area (Å²) in [6.45, 7) is 4.83. The van der Waals surface area contributed by atoms with Crippen molar-refractivity contribution in [1.29, 1.82) is 0 Å². The number of amides is 1. The quantitative estimate of drug-likeness (QED) is 0.783. The van der Waals surface area contributed by atoms with Crippen molar-refractivity contribution in [3.8, 4) is 5.75 Å². The van der Waals surface area contributed by atoms with Gasteiger partial charge in [-0.15, -0.1) is 0 Å². The molecular formula is C14H20ClNO3. The second-order valence-corrected chi connectivity index (χ2v) is 4.72. The zero-order valence-electron chi connectivity index (χ0n) is 11.5. The highest BCUT2D eigenvalue weighted by Crippen LogP contribution is 2.21. The van der Waals surface area contributed by atoms with E-state index in [2.05, 4.69) is 5.32 Å². The van der Waals surface area contributed by atoms with Crippen LogP contribution in [-0.2, 0) is 9.53 Å². The third kappa shape index (κ3) is 5.49. The van der Waals surface area contributed by atoms with Crippen LogP contribution in [0.15, 0.2) is 18.2 Å². The van der Waals surface area contributed by atoms with Gasteiger partial charge < -0.3 is 14.8 Å². The number of hydrogen-bond acceptors (Lipinski definition) is 3. The molecular weight excluding hydrogens is 266 g/mol. The lowest BCUT2D eigenvalue weighted by Crippen LogP contribution is -2.37. The van der Waals surface area contributed by atoms with Crippen LogP contribution < -0.4 is 10.1 Å². The first-order valence-electron chi connectivity index (χ1n) is 6.24. The molecule has 1 atom stereocenters. The molecule has 0 spiro atoms. The molecule has 4 nitrogen and oxygen atoms in total. The van der Waals surface area contributed by atoms with Crippen molar-refractivity contribution < 1.29 is 14.3 Å². The number of halogens is 1. The van der Waals surface area contributed by atoms with Crippen LogP contribution in [-0.4, -0.2) is 32.3 Å². The molecule has 0 aliphatic rings. The summed E-state index contributed by atoms with van der Waals surface area (Å²) in [7, 11) is 1.64. The molecule has 0 aliphatic carbocycles. The molecule has 0 heterocycles. The van der Waals surface area contributed by atoms with Crippen LogP contribution in [0.2, 0.25) is 5.02 Å². The zero-order valence-corrected chi connectivity index (χ0v) is 12.3. The van der Waals surface area contributed by atoms with Crippen molar-refractivity contribution in [2.24, 2.45) is 0 Å². The Bertz CT molecular complexity index is 423. The molecule has 0 fully saturated rings. The van der Waals surface area contributed by atoms with Gasteiger partial charge in [-0.05, 0) is 44.0 Å². The van der Waals surface area contributed by atoms with Crippen LogP contribution in [0.4, 0.5) is 0 Å². The lowest BCUT2D eigenvalue weighted by atomic mass is 10.2. The minimum absolute atomic E-state index is 0.135. The third-order valence-electron chi connectivity index (χ3n) is 2.64. The van der Waals surface area contributed by atoms with Crippen LogP contribution >= 0.6 is 11.6 Å². The molecule has 106 valence electrons. The molecule has 1 amide bonds. The Morgan fingerprint density at radius 1 is 1.47 bits per heavy atom. The summed E-state index contributed by atoms with van der Waals surface area (Å²) in [5.74, 6) is 0.505. The standard InChI is InChI=1S/C14H20ClNO3/c1-10-9-12(5-6-13(10)15)19-11(2)14(17)16-7-4-8-18-3/h5-6,9,11H,4,7-8H2,1-3H3,(H,16,17). The predicted octanol–water partition coefficient (Wildman–Crippen LogP) is 2.57. The molecule has 19 heavy (non-hydrogen) atoms. The lowest BCUT2D eigenvalue weighted by Gasteiger charge is -2.15. The molecule has 0 aliphatic heterocycles. The molecule has 1 N–H and O–H groups in total. The molecule has 1 unspecified atom stereocenters. The molecule has 1 aromatic rings. The fourth-order valence-electron chi connectivity index (χ4n) is 1.52. The fraction of sp³-hybridized carbons (Fsp3) is 0.500. The number of nitrogens with one attached hydrogen (secondary N) is 1. The molecule has 5 heteroatoms. The zero-order chi connectivity index (χ0) is 14.3.